The van der Waals surface area contributed by atoms with Crippen molar-refractivity contribution in [2.75, 3.05) is 0 Å². The Hall–Kier alpha value is -1.98. The van der Waals surface area contributed by atoms with Gasteiger partial charge >= 0.3 is 13.9 Å². The fourth-order valence-electron chi connectivity index (χ4n) is 2.86. The molecule has 0 heterocycles. The molecule has 0 atom stereocenters. The maximum atomic E-state index is 9.54. The Labute approximate surface area is 182 Å². The van der Waals surface area contributed by atoms with E-state index in [1.165, 1.54) is 23.0 Å². The van der Waals surface area contributed by atoms with Gasteiger partial charge in [-0.05, 0) is 27.0 Å². The Morgan fingerprint density at radius 2 is 1.17 bits per heavy atom. The van der Waals surface area contributed by atoms with E-state index in [2.05, 4.69) is 2.98 Å². The van der Waals surface area contributed by atoms with Crippen molar-refractivity contribution in [1.29, 1.82) is 0 Å². The number of benzene rings is 4. The summed E-state index contributed by atoms with van der Waals surface area (Å²) in [5.74, 6) is 0. The minimum absolute atomic E-state index is 0. The second-order valence-corrected chi connectivity index (χ2v) is 6.89. The van der Waals surface area contributed by atoms with E-state index in [4.69, 9.17) is 10.0 Å². The van der Waals surface area contributed by atoms with Crippen molar-refractivity contribution < 1.29 is 28.6 Å². The van der Waals surface area contributed by atoms with Crippen molar-refractivity contribution in [3.05, 3.63) is 84.9 Å². The SMILES string of the molecule is OB(O)c1ccc2ccccc2c1.O[B-](O)(OI)c1ccc2ccccc2c1.[OH-]. The van der Waals surface area contributed by atoms with Crippen LogP contribution in [0.4, 0.5) is 0 Å². The van der Waals surface area contributed by atoms with Crippen LogP contribution in [0.2, 0.25) is 0 Å². The van der Waals surface area contributed by atoms with E-state index in [1.807, 2.05) is 60.7 Å². The highest BCUT2D eigenvalue weighted by atomic mass is 127. The van der Waals surface area contributed by atoms with Crippen LogP contribution in [-0.2, 0) is 2.98 Å². The minimum atomic E-state index is -2.89. The predicted octanol–water partition coefficient (Wildman–Crippen LogP) is 1.68. The largest absolute Gasteiger partial charge is 0.870 e. The minimum Gasteiger partial charge on any atom is -0.870 e. The van der Waals surface area contributed by atoms with E-state index in [1.54, 1.807) is 24.3 Å². The van der Waals surface area contributed by atoms with Gasteiger partial charge in [0.1, 0.15) is 0 Å². The molecule has 9 heteroatoms. The maximum Gasteiger partial charge on any atom is 0.488 e. The molecule has 0 unspecified atom stereocenters. The Morgan fingerprint density at radius 1 is 0.690 bits per heavy atom. The lowest BCUT2D eigenvalue weighted by Crippen LogP contribution is -2.49. The fraction of sp³-hybridized carbons (Fsp3) is 0. The average molecular weight is 504 g/mol. The molecule has 0 aromatic heterocycles. The summed E-state index contributed by atoms with van der Waals surface area (Å²) in [4.78, 5) is 0. The topological polar surface area (TPSA) is 120 Å². The molecule has 29 heavy (non-hydrogen) atoms. The van der Waals surface area contributed by atoms with Crippen molar-refractivity contribution in [3.8, 4) is 0 Å². The Bertz CT molecular complexity index is 1090. The van der Waals surface area contributed by atoms with Gasteiger partial charge in [-0.1, -0.05) is 84.9 Å². The summed E-state index contributed by atoms with van der Waals surface area (Å²) in [7, 11) is -1.38. The lowest BCUT2D eigenvalue weighted by atomic mass is 9.70. The zero-order valence-electron chi connectivity index (χ0n) is 15.3. The first kappa shape index (κ1) is 23.3. The molecule has 0 saturated heterocycles. The monoisotopic (exact) mass is 504 g/mol. The first-order valence-electron chi connectivity index (χ1n) is 8.63. The van der Waals surface area contributed by atoms with E-state index < -0.39 is 13.9 Å². The van der Waals surface area contributed by atoms with Crippen molar-refractivity contribution in [2.45, 2.75) is 0 Å². The summed E-state index contributed by atoms with van der Waals surface area (Å²) in [5, 5.41) is 41.1. The van der Waals surface area contributed by atoms with Crippen molar-refractivity contribution in [3.63, 3.8) is 0 Å². The third-order valence-corrected chi connectivity index (χ3v) is 5.11. The van der Waals surface area contributed by atoms with Gasteiger partial charge in [-0.3, -0.25) is 0 Å². The third-order valence-electron chi connectivity index (χ3n) is 4.40. The highest BCUT2D eigenvalue weighted by molar-refractivity contribution is 14.1. The van der Waals surface area contributed by atoms with Crippen LogP contribution in [0.25, 0.3) is 21.5 Å². The second kappa shape index (κ2) is 10.2. The van der Waals surface area contributed by atoms with E-state index in [0.29, 0.717) is 10.9 Å². The maximum absolute atomic E-state index is 9.54. The highest BCUT2D eigenvalue weighted by Crippen LogP contribution is 2.14. The summed E-state index contributed by atoms with van der Waals surface area (Å²) in [6.45, 7) is -2.89. The first-order valence-corrected chi connectivity index (χ1v) is 9.51. The Balaban J connectivity index is 0.000000202. The number of rotatable bonds is 3. The van der Waals surface area contributed by atoms with Crippen LogP contribution in [0, 0.1) is 0 Å². The molecule has 0 aliphatic heterocycles. The normalized spacial score (nSPS) is 10.8. The molecule has 0 fully saturated rings. The van der Waals surface area contributed by atoms with Gasteiger partial charge in [-0.2, -0.15) is 0 Å². The Kier molecular flexibility index (Phi) is 8.17. The van der Waals surface area contributed by atoms with Gasteiger partial charge in [0, 0.05) is 0 Å². The van der Waals surface area contributed by atoms with Crippen molar-refractivity contribution in [2.24, 2.45) is 0 Å². The molecule has 4 aromatic carbocycles. The molecule has 5 N–H and O–H groups in total. The van der Waals surface area contributed by atoms with Gasteiger partial charge < -0.3 is 28.6 Å². The second-order valence-electron chi connectivity index (χ2n) is 6.38. The standard InChI is InChI=1S/C10H9BIO3.C10H9BO2.H2O/c12-15-11(13,14)10-6-5-8-3-1-2-4-9(8)7-10;12-11(13)10-6-5-8-3-1-2-4-9(8)7-10;/h1-7,13-14H;1-7,12-13H;1H2/q-1;;/p-1. The van der Waals surface area contributed by atoms with Gasteiger partial charge in [-0.25, -0.2) is 0 Å². The number of halogens is 1. The van der Waals surface area contributed by atoms with Crippen LogP contribution in [0.3, 0.4) is 0 Å². The molecule has 0 bridgehead atoms. The molecule has 150 valence electrons. The van der Waals surface area contributed by atoms with Gasteiger partial charge in [-0.15, -0.1) is 5.46 Å². The molecule has 4 aromatic rings. The fourth-order valence-corrected chi connectivity index (χ4v) is 3.16. The molecule has 4 rings (SSSR count). The van der Waals surface area contributed by atoms with Crippen LogP contribution < -0.4 is 10.9 Å². The van der Waals surface area contributed by atoms with Gasteiger partial charge in [0.05, 0.1) is 23.0 Å². The van der Waals surface area contributed by atoms with E-state index in [0.717, 1.165) is 21.5 Å². The van der Waals surface area contributed by atoms with Crippen LogP contribution in [0.1, 0.15) is 0 Å². The predicted molar refractivity (Wildman–Crippen MR) is 125 cm³/mol. The zero-order valence-corrected chi connectivity index (χ0v) is 17.4. The van der Waals surface area contributed by atoms with Crippen LogP contribution in [0.15, 0.2) is 84.9 Å². The number of fused-ring (bicyclic) bond motifs is 2. The lowest BCUT2D eigenvalue weighted by Gasteiger charge is -2.26. The third kappa shape index (κ3) is 5.77. The summed E-state index contributed by atoms with van der Waals surface area (Å²) in [5.41, 5.74) is 0.904. The lowest BCUT2D eigenvalue weighted by molar-refractivity contribution is 0.295. The summed E-state index contributed by atoms with van der Waals surface area (Å²) >= 11 is 1.49. The van der Waals surface area contributed by atoms with Crippen LogP contribution >= 0.6 is 23.0 Å². The smallest absolute Gasteiger partial charge is 0.488 e. The van der Waals surface area contributed by atoms with Crippen molar-refractivity contribution >= 4 is 69.3 Å². The van der Waals surface area contributed by atoms with Gasteiger partial charge in [0.15, 0.2) is 0 Å². The van der Waals surface area contributed by atoms with Gasteiger partial charge in [0.25, 0.3) is 0 Å². The van der Waals surface area contributed by atoms with Gasteiger partial charge in [0.2, 0.25) is 0 Å². The molecular weight excluding hydrogens is 485 g/mol. The molecule has 6 nitrogen and oxygen atoms in total. The summed E-state index contributed by atoms with van der Waals surface area (Å²) in [6.07, 6.45) is 0. The summed E-state index contributed by atoms with van der Waals surface area (Å²) in [6, 6.07) is 26.1. The molecule has 0 radical (unpaired) electrons. The number of hydrogen-bond acceptors (Lipinski definition) is 6. The first-order chi connectivity index (χ1) is 13.4. The van der Waals surface area contributed by atoms with Crippen molar-refractivity contribution in [1.82, 2.24) is 0 Å². The quantitative estimate of drug-likeness (QED) is 0.249. The van der Waals surface area contributed by atoms with Crippen LogP contribution in [0.5, 0.6) is 0 Å². The Morgan fingerprint density at radius 3 is 1.69 bits per heavy atom. The average Bonchev–Trinajstić information content (AvgIpc) is 2.73. The molecule has 0 saturated carbocycles. The number of hydrogen-bond donors (Lipinski definition) is 4. The zero-order chi connectivity index (χ0) is 20.1. The molecule has 0 spiro atoms. The molecule has 0 aliphatic rings. The molecular formula is C20H19B2IO6-2. The van der Waals surface area contributed by atoms with E-state index >= 15 is 0 Å². The van der Waals surface area contributed by atoms with Crippen LogP contribution in [-0.4, -0.2) is 39.4 Å². The summed E-state index contributed by atoms with van der Waals surface area (Å²) < 4.78 is 4.62. The molecule has 0 aliphatic carbocycles. The van der Waals surface area contributed by atoms with E-state index in [9.17, 15) is 10.0 Å². The molecule has 0 amide bonds. The highest BCUT2D eigenvalue weighted by Gasteiger charge is 2.22. The van der Waals surface area contributed by atoms with E-state index in [-0.39, 0.29) is 5.48 Å².